The summed E-state index contributed by atoms with van der Waals surface area (Å²) in [5, 5.41) is 18.9. The molecule has 90 valence electrons. The van der Waals surface area contributed by atoms with E-state index in [0.29, 0.717) is 5.75 Å². The van der Waals surface area contributed by atoms with E-state index in [2.05, 4.69) is 0 Å². The number of nitriles is 1. The molecule has 2 aromatic rings. The highest BCUT2D eigenvalue weighted by molar-refractivity contribution is 5.90. The van der Waals surface area contributed by atoms with E-state index < -0.39 is 0 Å². The van der Waals surface area contributed by atoms with Crippen molar-refractivity contribution < 1.29 is 5.11 Å². The van der Waals surface area contributed by atoms with Crippen LogP contribution in [0.3, 0.4) is 0 Å². The Kier molecular flexibility index (Phi) is 7.21. The number of aromatic hydroxyl groups is 1. The molecule has 0 fully saturated rings. The quantitative estimate of drug-likeness (QED) is 0.727. The van der Waals surface area contributed by atoms with E-state index in [4.69, 9.17) is 5.26 Å². The number of phenols is 1. The molecule has 1 N–H and O–H groups in total. The summed E-state index contributed by atoms with van der Waals surface area (Å²) in [6.07, 6.45) is 0. The SMILES string of the molecule is CC.CC#N.Cc1cccc2c(O)cccc12. The molecule has 0 atom stereocenters. The minimum Gasteiger partial charge on any atom is -0.507 e. The fourth-order valence-electron chi connectivity index (χ4n) is 1.45. The monoisotopic (exact) mass is 229 g/mol. The third-order valence-corrected chi connectivity index (χ3v) is 2.12. The highest BCUT2D eigenvalue weighted by Crippen LogP contribution is 2.25. The van der Waals surface area contributed by atoms with Crippen molar-refractivity contribution in [2.45, 2.75) is 27.7 Å². The molecule has 0 amide bonds. The minimum absolute atomic E-state index is 0.358. The molecular formula is C15H19NO. The van der Waals surface area contributed by atoms with Gasteiger partial charge in [-0.3, -0.25) is 0 Å². The van der Waals surface area contributed by atoms with Crippen LogP contribution in [0.5, 0.6) is 5.75 Å². The third kappa shape index (κ3) is 4.16. The number of hydrogen-bond donors (Lipinski definition) is 1. The molecule has 0 heterocycles. The highest BCUT2D eigenvalue weighted by atomic mass is 16.3. The second kappa shape index (κ2) is 8.18. The first-order chi connectivity index (χ1) is 8.20. The number of nitrogens with zero attached hydrogens (tertiary/aromatic N) is 1. The van der Waals surface area contributed by atoms with Crippen molar-refractivity contribution in [3.05, 3.63) is 42.0 Å². The van der Waals surface area contributed by atoms with Gasteiger partial charge in [-0.15, -0.1) is 0 Å². The summed E-state index contributed by atoms with van der Waals surface area (Å²) >= 11 is 0. The molecule has 0 aliphatic heterocycles. The number of benzene rings is 2. The van der Waals surface area contributed by atoms with Crippen LogP contribution in [0.25, 0.3) is 10.8 Å². The van der Waals surface area contributed by atoms with Gasteiger partial charge in [-0.1, -0.05) is 44.2 Å². The molecular weight excluding hydrogens is 210 g/mol. The first kappa shape index (κ1) is 15.0. The average Bonchev–Trinajstić information content (AvgIpc) is 2.34. The molecule has 2 rings (SSSR count). The van der Waals surface area contributed by atoms with Crippen LogP contribution in [0.4, 0.5) is 0 Å². The van der Waals surface area contributed by atoms with Crippen LogP contribution in [0.15, 0.2) is 36.4 Å². The molecule has 17 heavy (non-hydrogen) atoms. The van der Waals surface area contributed by atoms with Crippen LogP contribution in [-0.4, -0.2) is 5.11 Å². The van der Waals surface area contributed by atoms with Crippen LogP contribution in [0.2, 0.25) is 0 Å². The highest BCUT2D eigenvalue weighted by Gasteiger charge is 1.98. The average molecular weight is 229 g/mol. The van der Waals surface area contributed by atoms with Crippen LogP contribution in [0, 0.1) is 18.3 Å². The first-order valence-electron chi connectivity index (χ1n) is 5.69. The summed E-state index contributed by atoms with van der Waals surface area (Å²) in [7, 11) is 0. The maximum atomic E-state index is 9.50. The Bertz CT molecular complexity index is 456. The maximum absolute atomic E-state index is 9.50. The van der Waals surface area contributed by atoms with Gasteiger partial charge in [0.1, 0.15) is 5.75 Å². The molecule has 0 saturated heterocycles. The van der Waals surface area contributed by atoms with Crippen molar-refractivity contribution in [3.63, 3.8) is 0 Å². The van der Waals surface area contributed by atoms with Crippen molar-refractivity contribution in [2.75, 3.05) is 0 Å². The van der Waals surface area contributed by atoms with Gasteiger partial charge in [0.15, 0.2) is 0 Å². The maximum Gasteiger partial charge on any atom is 0.123 e. The lowest BCUT2D eigenvalue weighted by Crippen LogP contribution is -1.77. The van der Waals surface area contributed by atoms with Gasteiger partial charge in [-0.05, 0) is 23.9 Å². The van der Waals surface area contributed by atoms with Gasteiger partial charge in [0, 0.05) is 12.3 Å². The van der Waals surface area contributed by atoms with Gasteiger partial charge in [-0.2, -0.15) is 5.26 Å². The molecule has 0 spiro atoms. The Hall–Kier alpha value is -2.01. The largest absolute Gasteiger partial charge is 0.507 e. The summed E-state index contributed by atoms with van der Waals surface area (Å²) in [6.45, 7) is 7.47. The minimum atomic E-state index is 0.358. The summed E-state index contributed by atoms with van der Waals surface area (Å²) in [5.74, 6) is 0.358. The molecule has 0 aromatic heterocycles. The van der Waals surface area contributed by atoms with Crippen molar-refractivity contribution in [2.24, 2.45) is 0 Å². The van der Waals surface area contributed by atoms with Gasteiger partial charge in [0.05, 0.1) is 6.07 Å². The van der Waals surface area contributed by atoms with Gasteiger partial charge in [-0.25, -0.2) is 0 Å². The van der Waals surface area contributed by atoms with Crippen molar-refractivity contribution in [3.8, 4) is 11.8 Å². The van der Waals surface area contributed by atoms with Gasteiger partial charge in [0.25, 0.3) is 0 Å². The Morgan fingerprint density at radius 1 is 1.00 bits per heavy atom. The van der Waals surface area contributed by atoms with E-state index in [1.165, 1.54) is 12.5 Å². The fraction of sp³-hybridized carbons (Fsp3) is 0.267. The molecule has 0 saturated carbocycles. The molecule has 0 aliphatic carbocycles. The molecule has 0 bridgehead atoms. The smallest absolute Gasteiger partial charge is 0.123 e. The molecule has 2 heteroatoms. The topological polar surface area (TPSA) is 44.0 Å². The summed E-state index contributed by atoms with van der Waals surface area (Å²) in [5.41, 5.74) is 1.20. The standard InChI is InChI=1S/C11H10O.C2H3N.C2H6/c1-8-4-2-6-10-9(8)5-3-7-11(10)12;1-2-3;1-2/h2-7,12H,1H3;1H3;1-2H3. The number of aryl methyl sites for hydroxylation is 1. The number of fused-ring (bicyclic) bond motifs is 1. The van der Waals surface area contributed by atoms with E-state index >= 15 is 0 Å². The molecule has 2 aromatic carbocycles. The van der Waals surface area contributed by atoms with Gasteiger partial charge in [0.2, 0.25) is 0 Å². The Morgan fingerprint density at radius 2 is 1.47 bits per heavy atom. The number of phenolic OH excluding ortho intramolecular Hbond substituents is 1. The zero-order valence-electron chi connectivity index (χ0n) is 10.9. The normalized spacial score (nSPS) is 8.18. The second-order valence-electron chi connectivity index (χ2n) is 3.17. The van der Waals surface area contributed by atoms with Crippen LogP contribution in [0.1, 0.15) is 26.3 Å². The van der Waals surface area contributed by atoms with E-state index in [-0.39, 0.29) is 0 Å². The zero-order chi connectivity index (χ0) is 13.3. The second-order valence-corrected chi connectivity index (χ2v) is 3.17. The summed E-state index contributed by atoms with van der Waals surface area (Å²) in [6, 6.07) is 13.3. The Labute approximate surface area is 103 Å². The Morgan fingerprint density at radius 3 is 2.00 bits per heavy atom. The fourth-order valence-corrected chi connectivity index (χ4v) is 1.45. The lowest BCUT2D eigenvalue weighted by atomic mass is 10.1. The van der Waals surface area contributed by atoms with Crippen LogP contribution < -0.4 is 0 Å². The molecule has 2 nitrogen and oxygen atoms in total. The zero-order valence-corrected chi connectivity index (χ0v) is 10.9. The summed E-state index contributed by atoms with van der Waals surface area (Å²) < 4.78 is 0. The summed E-state index contributed by atoms with van der Waals surface area (Å²) in [4.78, 5) is 0. The van der Waals surface area contributed by atoms with E-state index in [0.717, 1.165) is 10.8 Å². The van der Waals surface area contributed by atoms with Gasteiger partial charge < -0.3 is 5.11 Å². The van der Waals surface area contributed by atoms with Crippen LogP contribution in [-0.2, 0) is 0 Å². The molecule has 0 aliphatic rings. The van der Waals surface area contributed by atoms with Crippen LogP contribution >= 0.6 is 0 Å². The van der Waals surface area contributed by atoms with E-state index in [1.54, 1.807) is 12.1 Å². The number of rotatable bonds is 0. The lowest BCUT2D eigenvalue weighted by Gasteiger charge is -2.02. The van der Waals surface area contributed by atoms with E-state index in [1.807, 2.05) is 51.1 Å². The van der Waals surface area contributed by atoms with Crippen molar-refractivity contribution >= 4 is 10.8 Å². The van der Waals surface area contributed by atoms with Crippen molar-refractivity contribution in [1.29, 1.82) is 5.26 Å². The first-order valence-corrected chi connectivity index (χ1v) is 5.69. The third-order valence-electron chi connectivity index (χ3n) is 2.12. The molecule has 0 radical (unpaired) electrons. The molecule has 0 unspecified atom stereocenters. The Balaban J connectivity index is 0.000000450. The lowest BCUT2D eigenvalue weighted by molar-refractivity contribution is 0.481. The predicted octanol–water partition coefficient (Wildman–Crippen LogP) is 4.41. The van der Waals surface area contributed by atoms with E-state index in [9.17, 15) is 5.11 Å². The number of hydrogen-bond acceptors (Lipinski definition) is 2. The van der Waals surface area contributed by atoms with Crippen molar-refractivity contribution in [1.82, 2.24) is 0 Å². The van der Waals surface area contributed by atoms with Gasteiger partial charge >= 0.3 is 0 Å². The predicted molar refractivity (Wildman–Crippen MR) is 73.0 cm³/mol.